The van der Waals surface area contributed by atoms with Gasteiger partial charge in [-0.2, -0.15) is 0 Å². The fraction of sp³-hybridized carbons (Fsp3) is 0.636. The van der Waals surface area contributed by atoms with E-state index in [0.717, 1.165) is 26.1 Å². The second kappa shape index (κ2) is 5.65. The van der Waals surface area contributed by atoms with E-state index in [0.29, 0.717) is 19.6 Å². The van der Waals surface area contributed by atoms with Gasteiger partial charge in [-0.05, 0) is 6.42 Å². The molecule has 1 aromatic heterocycles. The van der Waals surface area contributed by atoms with E-state index in [1.54, 1.807) is 12.5 Å². The summed E-state index contributed by atoms with van der Waals surface area (Å²) in [5, 5.41) is 0. The molecule has 0 saturated carbocycles. The van der Waals surface area contributed by atoms with E-state index >= 15 is 0 Å². The molecule has 0 unspecified atom stereocenters. The third-order valence-corrected chi connectivity index (χ3v) is 2.67. The van der Waals surface area contributed by atoms with E-state index in [2.05, 4.69) is 11.2 Å². The molecule has 2 rings (SSSR count). The van der Waals surface area contributed by atoms with Gasteiger partial charge >= 0.3 is 0 Å². The van der Waals surface area contributed by atoms with E-state index < -0.39 is 0 Å². The molecule has 87 valence electrons. The summed E-state index contributed by atoms with van der Waals surface area (Å²) >= 11 is 0. The van der Waals surface area contributed by atoms with Crippen molar-refractivity contribution in [3.63, 3.8) is 0 Å². The third kappa shape index (κ3) is 3.06. The number of carbonyl (C=O) groups is 1. The van der Waals surface area contributed by atoms with Gasteiger partial charge in [0.2, 0.25) is 5.91 Å². The average Bonchev–Trinajstić information content (AvgIpc) is 2.83. The van der Waals surface area contributed by atoms with Crippen molar-refractivity contribution >= 4 is 5.91 Å². The topological polar surface area (TPSA) is 47.4 Å². The van der Waals surface area contributed by atoms with Gasteiger partial charge in [0, 0.05) is 32.3 Å². The molecule has 2 heterocycles. The second-order valence-corrected chi connectivity index (χ2v) is 3.84. The van der Waals surface area contributed by atoms with E-state index in [1.165, 1.54) is 0 Å². The Bertz CT molecular complexity index is 318. The summed E-state index contributed by atoms with van der Waals surface area (Å²) in [6, 6.07) is 0. The van der Waals surface area contributed by atoms with Crippen molar-refractivity contribution in [3.05, 3.63) is 18.7 Å². The summed E-state index contributed by atoms with van der Waals surface area (Å²) in [5.41, 5.74) is 0. The minimum atomic E-state index is 0.229. The maximum Gasteiger partial charge on any atom is 0.222 e. The van der Waals surface area contributed by atoms with Crippen LogP contribution in [0.4, 0.5) is 0 Å². The molecule has 1 aliphatic rings. The van der Waals surface area contributed by atoms with Crippen LogP contribution in [-0.2, 0) is 16.1 Å². The number of morpholine rings is 1. The predicted molar refractivity (Wildman–Crippen MR) is 57.7 cm³/mol. The Morgan fingerprint density at radius 1 is 1.44 bits per heavy atom. The zero-order chi connectivity index (χ0) is 11.2. The van der Waals surface area contributed by atoms with Gasteiger partial charge in [0.05, 0.1) is 19.5 Å². The summed E-state index contributed by atoms with van der Waals surface area (Å²) in [7, 11) is 0. The van der Waals surface area contributed by atoms with Crippen LogP contribution in [0.5, 0.6) is 0 Å². The summed E-state index contributed by atoms with van der Waals surface area (Å²) in [6.07, 6.45) is 7.69. The molecule has 1 aliphatic heterocycles. The first-order valence-electron chi connectivity index (χ1n) is 5.59. The first kappa shape index (κ1) is 11.1. The van der Waals surface area contributed by atoms with Gasteiger partial charge in [0.15, 0.2) is 0 Å². The number of ether oxygens (including phenoxy) is 1. The number of aryl methyl sites for hydroxylation is 1. The molecule has 1 amide bonds. The minimum Gasteiger partial charge on any atom is -0.378 e. The van der Waals surface area contributed by atoms with Crippen molar-refractivity contribution < 1.29 is 9.53 Å². The van der Waals surface area contributed by atoms with Gasteiger partial charge in [0.1, 0.15) is 6.20 Å². The van der Waals surface area contributed by atoms with Crippen molar-refractivity contribution in [1.29, 1.82) is 0 Å². The molecule has 5 heteroatoms. The van der Waals surface area contributed by atoms with E-state index in [9.17, 15) is 4.79 Å². The van der Waals surface area contributed by atoms with Crippen molar-refractivity contribution in [2.75, 3.05) is 26.3 Å². The number of hydrogen-bond donors (Lipinski definition) is 0. The number of rotatable bonds is 4. The molecule has 0 aliphatic carbocycles. The molecule has 1 fully saturated rings. The number of imidazole rings is 1. The number of nitrogens with zero attached hydrogens (tertiary/aromatic N) is 3. The molecular weight excluding hydrogens is 206 g/mol. The molecular formula is C11H16N3O2. The smallest absolute Gasteiger partial charge is 0.222 e. The molecule has 1 radical (unpaired) electrons. The minimum absolute atomic E-state index is 0.229. The monoisotopic (exact) mass is 222 g/mol. The molecule has 16 heavy (non-hydrogen) atoms. The third-order valence-electron chi connectivity index (χ3n) is 2.67. The van der Waals surface area contributed by atoms with Crippen molar-refractivity contribution in [3.8, 4) is 0 Å². The zero-order valence-electron chi connectivity index (χ0n) is 9.26. The van der Waals surface area contributed by atoms with E-state index in [-0.39, 0.29) is 5.91 Å². The first-order chi connectivity index (χ1) is 7.86. The Labute approximate surface area is 95.0 Å². The highest BCUT2D eigenvalue weighted by Crippen LogP contribution is 2.03. The summed E-state index contributed by atoms with van der Waals surface area (Å²) in [6.45, 7) is 3.63. The van der Waals surface area contributed by atoms with Crippen LogP contribution in [0.25, 0.3) is 0 Å². The predicted octanol–water partition coefficient (Wildman–Crippen LogP) is 0.322. The van der Waals surface area contributed by atoms with Gasteiger partial charge in [-0.25, -0.2) is 4.98 Å². The van der Waals surface area contributed by atoms with Crippen molar-refractivity contribution in [2.45, 2.75) is 19.4 Å². The molecule has 0 spiro atoms. The van der Waals surface area contributed by atoms with Crippen molar-refractivity contribution in [1.82, 2.24) is 14.5 Å². The molecule has 0 N–H and O–H groups in total. The Kier molecular flexibility index (Phi) is 3.93. The molecule has 5 nitrogen and oxygen atoms in total. The number of carbonyl (C=O) groups excluding carboxylic acids is 1. The van der Waals surface area contributed by atoms with Crippen LogP contribution in [0.15, 0.2) is 12.5 Å². The largest absolute Gasteiger partial charge is 0.378 e. The number of hydrogen-bond acceptors (Lipinski definition) is 3. The summed E-state index contributed by atoms with van der Waals surface area (Å²) in [5.74, 6) is 0.229. The van der Waals surface area contributed by atoms with Gasteiger partial charge in [0.25, 0.3) is 0 Å². The highest BCUT2D eigenvalue weighted by molar-refractivity contribution is 5.76. The van der Waals surface area contributed by atoms with Gasteiger partial charge in [-0.15, -0.1) is 0 Å². The lowest BCUT2D eigenvalue weighted by atomic mass is 10.2. The fourth-order valence-electron chi connectivity index (χ4n) is 1.75. The Hall–Kier alpha value is -1.36. The van der Waals surface area contributed by atoms with Crippen LogP contribution in [0.3, 0.4) is 0 Å². The highest BCUT2D eigenvalue weighted by atomic mass is 16.5. The number of amides is 1. The SMILES string of the molecule is O=C(CCCn1c[c]nc1)N1CCOCC1. The molecule has 1 saturated heterocycles. The quantitative estimate of drug-likeness (QED) is 0.737. The molecule has 1 aromatic rings. The van der Waals surface area contributed by atoms with Crippen LogP contribution in [0.1, 0.15) is 12.8 Å². The van der Waals surface area contributed by atoms with Crippen LogP contribution in [-0.4, -0.2) is 46.7 Å². The van der Waals surface area contributed by atoms with E-state index in [4.69, 9.17) is 4.74 Å². The molecule has 0 atom stereocenters. The van der Waals surface area contributed by atoms with Crippen molar-refractivity contribution in [2.24, 2.45) is 0 Å². The lowest BCUT2D eigenvalue weighted by Crippen LogP contribution is -2.40. The summed E-state index contributed by atoms with van der Waals surface area (Å²) < 4.78 is 7.14. The first-order valence-corrected chi connectivity index (χ1v) is 5.59. The van der Waals surface area contributed by atoms with Gasteiger partial charge in [-0.3, -0.25) is 4.79 Å². The fourth-order valence-corrected chi connectivity index (χ4v) is 1.75. The Balaban J connectivity index is 1.67. The Morgan fingerprint density at radius 3 is 2.94 bits per heavy atom. The molecule has 0 aromatic carbocycles. The van der Waals surface area contributed by atoms with Gasteiger partial charge < -0.3 is 14.2 Å². The number of aromatic nitrogens is 2. The van der Waals surface area contributed by atoms with E-state index in [1.807, 2.05) is 9.47 Å². The average molecular weight is 222 g/mol. The van der Waals surface area contributed by atoms with Crippen LogP contribution >= 0.6 is 0 Å². The summed E-state index contributed by atoms with van der Waals surface area (Å²) in [4.78, 5) is 17.5. The standard InChI is InChI=1S/C11H16N3O2/c15-11(14-6-8-16-9-7-14)2-1-4-13-5-3-12-10-13/h5,10H,1-2,4,6-9H2. The highest BCUT2D eigenvalue weighted by Gasteiger charge is 2.15. The maximum atomic E-state index is 11.8. The lowest BCUT2D eigenvalue weighted by molar-refractivity contribution is -0.135. The lowest BCUT2D eigenvalue weighted by Gasteiger charge is -2.26. The van der Waals surface area contributed by atoms with Crippen LogP contribution < -0.4 is 0 Å². The van der Waals surface area contributed by atoms with Crippen LogP contribution in [0, 0.1) is 6.20 Å². The van der Waals surface area contributed by atoms with Gasteiger partial charge in [-0.1, -0.05) is 0 Å². The normalized spacial score (nSPS) is 16.4. The zero-order valence-corrected chi connectivity index (χ0v) is 9.26. The molecule has 0 bridgehead atoms. The second-order valence-electron chi connectivity index (χ2n) is 3.84. The van der Waals surface area contributed by atoms with Crippen LogP contribution in [0.2, 0.25) is 0 Å². The maximum absolute atomic E-state index is 11.8. The Morgan fingerprint density at radius 2 is 2.25 bits per heavy atom.